The highest BCUT2D eigenvalue weighted by Crippen LogP contribution is 2.11. The van der Waals surface area contributed by atoms with E-state index in [0.717, 1.165) is 38.2 Å². The first-order chi connectivity index (χ1) is 8.81. The van der Waals surface area contributed by atoms with Crippen molar-refractivity contribution in [3.63, 3.8) is 0 Å². The molecular weight excluding hydrogens is 226 g/mol. The molecule has 0 spiro atoms. The molecular formula is C13H19N5. The number of aromatic nitrogens is 4. The van der Waals surface area contributed by atoms with E-state index >= 15 is 0 Å². The number of nitrogens with two attached hydrogens (primary N) is 1. The van der Waals surface area contributed by atoms with Gasteiger partial charge in [0, 0.05) is 13.0 Å². The zero-order valence-corrected chi connectivity index (χ0v) is 10.7. The molecule has 0 amide bonds. The van der Waals surface area contributed by atoms with Gasteiger partial charge >= 0.3 is 0 Å². The maximum Gasteiger partial charge on any atom is 0.155 e. The molecule has 96 valence electrons. The second-order valence-electron chi connectivity index (χ2n) is 4.42. The summed E-state index contributed by atoms with van der Waals surface area (Å²) in [4.78, 5) is 0. The molecule has 5 heteroatoms. The van der Waals surface area contributed by atoms with Gasteiger partial charge in [-0.3, -0.25) is 0 Å². The summed E-state index contributed by atoms with van der Waals surface area (Å²) in [5.41, 5.74) is 8.03. The number of unbranched alkanes of at least 4 members (excludes halogenated alkanes) is 1. The lowest BCUT2D eigenvalue weighted by atomic mass is 10.1. The highest BCUT2D eigenvalue weighted by molar-refractivity contribution is 5.27. The molecule has 1 aromatic heterocycles. The van der Waals surface area contributed by atoms with Gasteiger partial charge in [0.1, 0.15) is 0 Å². The molecule has 2 N–H and O–H groups in total. The Bertz CT molecular complexity index is 492. The minimum Gasteiger partial charge on any atom is -0.330 e. The quantitative estimate of drug-likeness (QED) is 0.779. The van der Waals surface area contributed by atoms with Crippen LogP contribution in [0.1, 0.15) is 29.8 Å². The first kappa shape index (κ1) is 12.7. The zero-order valence-electron chi connectivity index (χ0n) is 10.7. The molecule has 1 heterocycles. The molecule has 2 rings (SSSR count). The molecule has 18 heavy (non-hydrogen) atoms. The molecule has 1 aromatic carbocycles. The Balaban J connectivity index is 2.05. The Labute approximate surface area is 107 Å². The van der Waals surface area contributed by atoms with Gasteiger partial charge in [0.05, 0.1) is 0 Å². The van der Waals surface area contributed by atoms with E-state index in [1.54, 1.807) is 0 Å². The van der Waals surface area contributed by atoms with Crippen LogP contribution in [0.25, 0.3) is 0 Å². The predicted molar refractivity (Wildman–Crippen MR) is 70.1 cm³/mol. The number of aryl methyl sites for hydroxylation is 2. The van der Waals surface area contributed by atoms with Crippen LogP contribution in [0, 0.1) is 6.92 Å². The third-order valence-corrected chi connectivity index (χ3v) is 3.04. The molecule has 0 aliphatic carbocycles. The summed E-state index contributed by atoms with van der Waals surface area (Å²) in [6.45, 7) is 3.67. The molecule has 2 aromatic rings. The van der Waals surface area contributed by atoms with Crippen LogP contribution in [0.4, 0.5) is 0 Å². The monoisotopic (exact) mass is 245 g/mol. The molecule has 0 saturated heterocycles. The van der Waals surface area contributed by atoms with E-state index in [1.807, 2.05) is 16.8 Å². The van der Waals surface area contributed by atoms with Crippen molar-refractivity contribution in [2.24, 2.45) is 5.73 Å². The molecule has 0 bridgehead atoms. The molecule has 0 atom stereocenters. The number of hydrogen-bond donors (Lipinski definition) is 1. The minimum atomic E-state index is 0.718. The van der Waals surface area contributed by atoms with Crippen molar-refractivity contribution >= 4 is 0 Å². The standard InChI is InChI=1S/C13H19N5/c1-11-6-2-3-7-12(11)10-13-15-16-17-18(13)9-5-4-8-14/h2-3,6-7H,4-5,8-10,14H2,1H3. The minimum absolute atomic E-state index is 0.718. The molecule has 0 aliphatic rings. The van der Waals surface area contributed by atoms with Crippen LogP contribution in [0.15, 0.2) is 24.3 Å². The normalized spacial score (nSPS) is 10.8. The van der Waals surface area contributed by atoms with Gasteiger partial charge in [-0.15, -0.1) is 5.10 Å². The molecule has 0 saturated carbocycles. The maximum absolute atomic E-state index is 5.49. The first-order valence-corrected chi connectivity index (χ1v) is 6.31. The summed E-state index contributed by atoms with van der Waals surface area (Å²) in [6.07, 6.45) is 2.80. The Hall–Kier alpha value is -1.75. The summed E-state index contributed by atoms with van der Waals surface area (Å²) in [5.74, 6) is 0.918. The highest BCUT2D eigenvalue weighted by Gasteiger charge is 2.07. The smallest absolute Gasteiger partial charge is 0.155 e. The number of rotatable bonds is 6. The highest BCUT2D eigenvalue weighted by atomic mass is 15.5. The largest absolute Gasteiger partial charge is 0.330 e. The second kappa shape index (κ2) is 6.26. The van der Waals surface area contributed by atoms with Gasteiger partial charge < -0.3 is 5.73 Å². The topological polar surface area (TPSA) is 69.6 Å². The van der Waals surface area contributed by atoms with Crippen molar-refractivity contribution in [1.82, 2.24) is 20.2 Å². The third-order valence-electron chi connectivity index (χ3n) is 3.04. The number of hydrogen-bond acceptors (Lipinski definition) is 4. The van der Waals surface area contributed by atoms with Gasteiger partial charge in [-0.1, -0.05) is 24.3 Å². The Morgan fingerprint density at radius 3 is 2.83 bits per heavy atom. The van der Waals surface area contributed by atoms with Crippen molar-refractivity contribution in [3.8, 4) is 0 Å². The Morgan fingerprint density at radius 1 is 1.22 bits per heavy atom. The average Bonchev–Trinajstić information content (AvgIpc) is 2.80. The van der Waals surface area contributed by atoms with Crippen molar-refractivity contribution in [2.45, 2.75) is 32.7 Å². The van der Waals surface area contributed by atoms with Crippen LogP contribution in [-0.2, 0) is 13.0 Å². The SMILES string of the molecule is Cc1ccccc1Cc1nnnn1CCCCN. The van der Waals surface area contributed by atoms with Crippen LogP contribution in [0.3, 0.4) is 0 Å². The van der Waals surface area contributed by atoms with E-state index < -0.39 is 0 Å². The summed E-state index contributed by atoms with van der Waals surface area (Å²) < 4.78 is 1.88. The molecule has 0 unspecified atom stereocenters. The van der Waals surface area contributed by atoms with Crippen LogP contribution in [-0.4, -0.2) is 26.8 Å². The first-order valence-electron chi connectivity index (χ1n) is 6.31. The number of nitrogens with zero attached hydrogens (tertiary/aromatic N) is 4. The van der Waals surface area contributed by atoms with E-state index in [9.17, 15) is 0 Å². The van der Waals surface area contributed by atoms with Crippen molar-refractivity contribution in [3.05, 3.63) is 41.2 Å². The van der Waals surface area contributed by atoms with E-state index in [-0.39, 0.29) is 0 Å². The van der Waals surface area contributed by atoms with Crippen LogP contribution in [0.5, 0.6) is 0 Å². The maximum atomic E-state index is 5.49. The summed E-state index contributed by atoms with van der Waals surface area (Å²) >= 11 is 0. The van der Waals surface area contributed by atoms with E-state index in [4.69, 9.17) is 5.73 Å². The average molecular weight is 245 g/mol. The van der Waals surface area contributed by atoms with Crippen molar-refractivity contribution < 1.29 is 0 Å². The van der Waals surface area contributed by atoms with Gasteiger partial charge in [0.2, 0.25) is 0 Å². The second-order valence-corrected chi connectivity index (χ2v) is 4.42. The van der Waals surface area contributed by atoms with Gasteiger partial charge in [0.15, 0.2) is 5.82 Å². The van der Waals surface area contributed by atoms with E-state index in [1.165, 1.54) is 11.1 Å². The van der Waals surface area contributed by atoms with Crippen LogP contribution < -0.4 is 5.73 Å². The van der Waals surface area contributed by atoms with E-state index in [0.29, 0.717) is 0 Å². The summed E-state index contributed by atoms with van der Waals surface area (Å²) in [7, 11) is 0. The number of benzene rings is 1. The van der Waals surface area contributed by atoms with Crippen molar-refractivity contribution in [2.75, 3.05) is 6.54 Å². The fourth-order valence-electron chi connectivity index (χ4n) is 1.91. The zero-order chi connectivity index (χ0) is 12.8. The lowest BCUT2D eigenvalue weighted by Crippen LogP contribution is -2.09. The third kappa shape index (κ3) is 3.13. The molecule has 5 nitrogen and oxygen atoms in total. The fraction of sp³-hybridized carbons (Fsp3) is 0.462. The predicted octanol–water partition coefficient (Wildman–Crippen LogP) is 1.31. The van der Waals surface area contributed by atoms with Crippen LogP contribution in [0.2, 0.25) is 0 Å². The van der Waals surface area contributed by atoms with E-state index in [2.05, 4.69) is 34.6 Å². The van der Waals surface area contributed by atoms with Crippen molar-refractivity contribution in [1.29, 1.82) is 0 Å². The van der Waals surface area contributed by atoms with Gasteiger partial charge in [0.25, 0.3) is 0 Å². The molecule has 0 aliphatic heterocycles. The summed E-state index contributed by atoms with van der Waals surface area (Å²) in [6, 6.07) is 8.32. The molecule has 0 fully saturated rings. The van der Waals surface area contributed by atoms with Gasteiger partial charge in [-0.25, -0.2) is 4.68 Å². The van der Waals surface area contributed by atoms with Gasteiger partial charge in [-0.2, -0.15) is 0 Å². The summed E-state index contributed by atoms with van der Waals surface area (Å²) in [5, 5.41) is 11.9. The van der Waals surface area contributed by atoms with Crippen LogP contribution >= 0.6 is 0 Å². The molecule has 0 radical (unpaired) electrons. The Morgan fingerprint density at radius 2 is 2.06 bits per heavy atom. The lowest BCUT2D eigenvalue weighted by Gasteiger charge is -2.06. The van der Waals surface area contributed by atoms with Gasteiger partial charge in [-0.05, 0) is 47.9 Å². The number of tetrazole rings is 1. The lowest BCUT2D eigenvalue weighted by molar-refractivity contribution is 0.529. The fourth-order valence-corrected chi connectivity index (χ4v) is 1.91. The Kier molecular flexibility index (Phi) is 4.41.